The molecule has 1 amide bonds. The van der Waals surface area contributed by atoms with Gasteiger partial charge in [0.05, 0.1) is 18.8 Å². The Morgan fingerprint density at radius 3 is 2.74 bits per heavy atom. The Hall–Kier alpha value is -2.97. The Kier molecular flexibility index (Phi) is 6.48. The minimum absolute atomic E-state index is 0.00168. The molecule has 0 saturated carbocycles. The van der Waals surface area contributed by atoms with Crippen molar-refractivity contribution in [1.29, 1.82) is 0 Å². The highest BCUT2D eigenvalue weighted by Gasteiger charge is 2.28. The van der Waals surface area contributed by atoms with Crippen LogP contribution in [0.3, 0.4) is 0 Å². The van der Waals surface area contributed by atoms with E-state index in [1.54, 1.807) is 4.68 Å². The molecule has 31 heavy (non-hydrogen) atoms. The Labute approximate surface area is 182 Å². The second-order valence-corrected chi connectivity index (χ2v) is 7.94. The van der Waals surface area contributed by atoms with Crippen LogP contribution in [-0.4, -0.2) is 48.6 Å². The van der Waals surface area contributed by atoms with E-state index >= 15 is 0 Å². The van der Waals surface area contributed by atoms with Crippen molar-refractivity contribution in [2.24, 2.45) is 0 Å². The van der Waals surface area contributed by atoms with Crippen LogP contribution in [0.1, 0.15) is 45.5 Å². The van der Waals surface area contributed by atoms with Gasteiger partial charge in [-0.3, -0.25) is 19.1 Å². The second kappa shape index (κ2) is 9.45. The maximum Gasteiger partial charge on any atom is 0.272 e. The van der Waals surface area contributed by atoms with Gasteiger partial charge in [-0.1, -0.05) is 30.3 Å². The molecule has 4 rings (SSSR count). The van der Waals surface area contributed by atoms with Crippen LogP contribution in [0, 0.1) is 6.92 Å². The van der Waals surface area contributed by atoms with E-state index in [2.05, 4.69) is 33.5 Å². The van der Waals surface area contributed by atoms with Crippen LogP contribution >= 0.6 is 0 Å². The lowest BCUT2D eigenvalue weighted by atomic mass is 10.0. The van der Waals surface area contributed by atoms with Crippen LogP contribution < -0.4 is 5.32 Å². The fraction of sp³-hybridized carbons (Fsp3) is 0.435. The first-order valence-corrected chi connectivity index (χ1v) is 10.9. The number of nitrogens with one attached hydrogen (secondary N) is 1. The molecule has 3 heterocycles. The summed E-state index contributed by atoms with van der Waals surface area (Å²) >= 11 is 0. The first-order chi connectivity index (χ1) is 15.1. The van der Waals surface area contributed by atoms with Gasteiger partial charge in [0.1, 0.15) is 0 Å². The van der Waals surface area contributed by atoms with Crippen LogP contribution in [0.4, 0.5) is 0 Å². The van der Waals surface area contributed by atoms with Crippen molar-refractivity contribution in [2.45, 2.75) is 53.0 Å². The van der Waals surface area contributed by atoms with Gasteiger partial charge in [-0.2, -0.15) is 10.2 Å². The van der Waals surface area contributed by atoms with E-state index in [0.29, 0.717) is 25.3 Å². The smallest absolute Gasteiger partial charge is 0.272 e. The standard InChI is InChI=1S/C23H30N6O2/c1-3-28-15-19(17(2)25-28)14-27-10-9-21-20(16-27)22(26-29(21)11-12-30)23(31)24-13-18-7-5-4-6-8-18/h4-8,15,30H,3,9-14,16H2,1-2H3,(H,24,31). The molecule has 2 N–H and O–H groups in total. The third-order valence-corrected chi connectivity index (χ3v) is 5.80. The molecule has 8 nitrogen and oxygen atoms in total. The van der Waals surface area contributed by atoms with Crippen molar-refractivity contribution in [2.75, 3.05) is 13.2 Å². The number of benzene rings is 1. The molecule has 3 aromatic rings. The van der Waals surface area contributed by atoms with Gasteiger partial charge in [0.2, 0.25) is 0 Å². The van der Waals surface area contributed by atoms with Crippen molar-refractivity contribution < 1.29 is 9.90 Å². The van der Waals surface area contributed by atoms with Gasteiger partial charge in [0, 0.05) is 62.2 Å². The minimum Gasteiger partial charge on any atom is -0.394 e. The van der Waals surface area contributed by atoms with Gasteiger partial charge in [0.25, 0.3) is 5.91 Å². The molecular weight excluding hydrogens is 392 g/mol. The topological polar surface area (TPSA) is 88.2 Å². The molecule has 0 aliphatic carbocycles. The van der Waals surface area contributed by atoms with E-state index in [-0.39, 0.29) is 12.5 Å². The normalized spacial score (nSPS) is 13.9. The molecule has 0 saturated heterocycles. The molecule has 1 aliphatic rings. The molecular formula is C23H30N6O2. The summed E-state index contributed by atoms with van der Waals surface area (Å²) in [6.07, 6.45) is 2.91. The van der Waals surface area contributed by atoms with Crippen LogP contribution in [0.15, 0.2) is 36.5 Å². The van der Waals surface area contributed by atoms with E-state index in [0.717, 1.165) is 48.6 Å². The van der Waals surface area contributed by atoms with Crippen molar-refractivity contribution >= 4 is 5.91 Å². The van der Waals surface area contributed by atoms with Gasteiger partial charge >= 0.3 is 0 Å². The highest BCUT2D eigenvalue weighted by molar-refractivity contribution is 5.94. The number of aliphatic hydroxyl groups excluding tert-OH is 1. The maximum absolute atomic E-state index is 13.0. The fourth-order valence-corrected chi connectivity index (χ4v) is 4.12. The summed E-state index contributed by atoms with van der Waals surface area (Å²) in [4.78, 5) is 15.3. The lowest BCUT2D eigenvalue weighted by molar-refractivity contribution is 0.0942. The Bertz CT molecular complexity index is 1040. The molecule has 2 aromatic heterocycles. The summed E-state index contributed by atoms with van der Waals surface area (Å²) in [5, 5.41) is 21.6. The number of nitrogens with zero attached hydrogens (tertiary/aromatic N) is 5. The Morgan fingerprint density at radius 2 is 2.03 bits per heavy atom. The SMILES string of the molecule is CCn1cc(CN2CCc3c(c(C(=O)NCc4ccccc4)nn3CCO)C2)c(C)n1. The first kappa shape index (κ1) is 21.3. The number of carbonyl (C=O) groups excluding carboxylic acids is 1. The zero-order valence-corrected chi connectivity index (χ0v) is 18.2. The van der Waals surface area contributed by atoms with Gasteiger partial charge in [0.15, 0.2) is 5.69 Å². The number of aromatic nitrogens is 4. The van der Waals surface area contributed by atoms with Gasteiger partial charge < -0.3 is 10.4 Å². The van der Waals surface area contributed by atoms with Gasteiger partial charge in [-0.05, 0) is 19.4 Å². The molecule has 0 atom stereocenters. The molecule has 0 radical (unpaired) electrons. The molecule has 1 aliphatic heterocycles. The van der Waals surface area contributed by atoms with E-state index in [4.69, 9.17) is 0 Å². The van der Waals surface area contributed by atoms with E-state index in [1.807, 2.05) is 41.9 Å². The average molecular weight is 423 g/mol. The largest absolute Gasteiger partial charge is 0.394 e. The number of fused-ring (bicyclic) bond motifs is 1. The van der Waals surface area contributed by atoms with E-state index in [9.17, 15) is 9.90 Å². The number of aryl methyl sites for hydroxylation is 2. The maximum atomic E-state index is 13.0. The number of carbonyl (C=O) groups is 1. The number of aliphatic hydroxyl groups is 1. The van der Waals surface area contributed by atoms with E-state index < -0.39 is 0 Å². The summed E-state index contributed by atoms with van der Waals surface area (Å²) < 4.78 is 3.76. The molecule has 1 aromatic carbocycles. The zero-order chi connectivity index (χ0) is 21.8. The van der Waals surface area contributed by atoms with Crippen LogP contribution in [-0.2, 0) is 39.1 Å². The average Bonchev–Trinajstić information content (AvgIpc) is 3.33. The van der Waals surface area contributed by atoms with Gasteiger partial charge in [-0.25, -0.2) is 0 Å². The van der Waals surface area contributed by atoms with Crippen molar-refractivity contribution in [3.05, 3.63) is 70.3 Å². The predicted molar refractivity (Wildman–Crippen MR) is 117 cm³/mol. The quantitative estimate of drug-likeness (QED) is 0.579. The van der Waals surface area contributed by atoms with Crippen LogP contribution in [0.2, 0.25) is 0 Å². The summed E-state index contributed by atoms with van der Waals surface area (Å²) in [5.41, 5.74) is 5.78. The molecule has 0 spiro atoms. The Morgan fingerprint density at radius 1 is 1.23 bits per heavy atom. The first-order valence-electron chi connectivity index (χ1n) is 10.9. The number of hydrogen-bond acceptors (Lipinski definition) is 5. The Balaban J connectivity index is 1.52. The predicted octanol–water partition coefficient (Wildman–Crippen LogP) is 1.89. The molecule has 8 heteroatoms. The lowest BCUT2D eigenvalue weighted by Crippen LogP contribution is -2.32. The molecule has 0 bridgehead atoms. The van der Waals surface area contributed by atoms with Gasteiger partial charge in [-0.15, -0.1) is 0 Å². The highest BCUT2D eigenvalue weighted by atomic mass is 16.3. The number of rotatable bonds is 8. The molecule has 0 fully saturated rings. The van der Waals surface area contributed by atoms with E-state index in [1.165, 1.54) is 5.56 Å². The number of hydrogen-bond donors (Lipinski definition) is 2. The second-order valence-electron chi connectivity index (χ2n) is 7.94. The minimum atomic E-state index is -0.173. The number of amides is 1. The molecule has 164 valence electrons. The molecule has 0 unspecified atom stereocenters. The fourth-order valence-electron chi connectivity index (χ4n) is 4.12. The van der Waals surface area contributed by atoms with Crippen molar-refractivity contribution in [3.8, 4) is 0 Å². The summed E-state index contributed by atoms with van der Waals surface area (Å²) in [6.45, 7) is 8.16. The zero-order valence-electron chi connectivity index (χ0n) is 18.2. The third-order valence-electron chi connectivity index (χ3n) is 5.80. The van der Waals surface area contributed by atoms with Crippen molar-refractivity contribution in [3.63, 3.8) is 0 Å². The van der Waals surface area contributed by atoms with Crippen molar-refractivity contribution in [1.82, 2.24) is 29.8 Å². The van der Waals surface area contributed by atoms with Crippen LogP contribution in [0.25, 0.3) is 0 Å². The summed E-state index contributed by atoms with van der Waals surface area (Å²) in [7, 11) is 0. The summed E-state index contributed by atoms with van der Waals surface area (Å²) in [6, 6.07) is 9.85. The monoisotopic (exact) mass is 422 g/mol. The lowest BCUT2D eigenvalue weighted by Gasteiger charge is -2.27. The summed E-state index contributed by atoms with van der Waals surface area (Å²) in [5.74, 6) is -0.173. The highest BCUT2D eigenvalue weighted by Crippen LogP contribution is 2.25. The van der Waals surface area contributed by atoms with Crippen LogP contribution in [0.5, 0.6) is 0 Å². The third kappa shape index (κ3) is 4.70.